The lowest BCUT2D eigenvalue weighted by molar-refractivity contribution is -0.188. The van der Waals surface area contributed by atoms with Crippen LogP contribution in [0.3, 0.4) is 0 Å². The first-order valence-electron chi connectivity index (χ1n) is 12.0. The van der Waals surface area contributed by atoms with Gasteiger partial charge in [-0.1, -0.05) is 42.0 Å². The Hall–Kier alpha value is -3.99. The smallest absolute Gasteiger partial charge is 0.334 e. The third-order valence-corrected chi connectivity index (χ3v) is 6.63. The summed E-state index contributed by atoms with van der Waals surface area (Å²) in [5, 5.41) is 15.0. The van der Waals surface area contributed by atoms with Crippen LogP contribution >= 0.6 is 0 Å². The number of hydrogen-bond acceptors (Lipinski definition) is 5. The van der Waals surface area contributed by atoms with Crippen molar-refractivity contribution in [1.82, 2.24) is 25.1 Å². The van der Waals surface area contributed by atoms with Crippen LogP contribution in [0.5, 0.6) is 0 Å². The van der Waals surface area contributed by atoms with Gasteiger partial charge in [0.25, 0.3) is 0 Å². The summed E-state index contributed by atoms with van der Waals surface area (Å²) in [6.07, 6.45) is -1.17. The molecule has 2 aliphatic heterocycles. The van der Waals surface area contributed by atoms with Crippen LogP contribution < -0.4 is 5.32 Å². The first kappa shape index (κ1) is 26.1. The molecule has 4 amide bonds. The number of amides is 4. The second-order valence-electron chi connectivity index (χ2n) is 9.38. The zero-order valence-electron chi connectivity index (χ0n) is 20.8. The number of urea groups is 1. The molecule has 10 nitrogen and oxygen atoms in total. The molecule has 2 aromatic rings. The highest BCUT2D eigenvalue weighted by molar-refractivity contribution is 5.91. The highest BCUT2D eigenvalue weighted by Crippen LogP contribution is 2.29. The maximum absolute atomic E-state index is 13.5. The second kappa shape index (κ2) is 11.0. The number of benzene rings is 2. The molecular weight excluding hydrogens is 481 g/mol. The van der Waals surface area contributed by atoms with E-state index in [-0.39, 0.29) is 56.7 Å². The van der Waals surface area contributed by atoms with Gasteiger partial charge in [0.1, 0.15) is 18.0 Å². The van der Waals surface area contributed by atoms with Crippen molar-refractivity contribution in [2.24, 2.45) is 0 Å². The van der Waals surface area contributed by atoms with Crippen molar-refractivity contribution in [2.45, 2.75) is 45.1 Å². The summed E-state index contributed by atoms with van der Waals surface area (Å²) in [5.41, 5.74) is 2.65. The number of carbonyl (C=O) groups is 4. The van der Waals surface area contributed by atoms with Crippen molar-refractivity contribution in [2.75, 3.05) is 20.1 Å². The van der Waals surface area contributed by atoms with Gasteiger partial charge in [-0.3, -0.25) is 14.4 Å². The number of aryl methyl sites for hydroxylation is 1. The number of aliphatic carboxylic acids is 1. The monoisotopic (exact) mass is 511 g/mol. The predicted octanol–water partition coefficient (Wildman–Crippen LogP) is 1.94. The van der Waals surface area contributed by atoms with E-state index in [1.807, 2.05) is 31.2 Å². The maximum atomic E-state index is 13.5. The number of hydrogen-bond donors (Lipinski definition) is 2. The summed E-state index contributed by atoms with van der Waals surface area (Å²) >= 11 is 0. The summed E-state index contributed by atoms with van der Waals surface area (Å²) in [6.45, 7) is 2.28. The molecule has 4 rings (SSSR count). The molecule has 2 heterocycles. The van der Waals surface area contributed by atoms with E-state index in [0.717, 1.165) is 11.1 Å². The number of fused-ring (bicyclic) bond motifs is 1. The molecule has 2 aromatic carbocycles. The molecule has 0 saturated carbocycles. The van der Waals surface area contributed by atoms with E-state index in [2.05, 4.69) is 5.32 Å². The number of nitrogens with one attached hydrogen (secondary N) is 1. The van der Waals surface area contributed by atoms with Gasteiger partial charge in [0.15, 0.2) is 0 Å². The average Bonchev–Trinajstić information content (AvgIpc) is 2.85. The fourth-order valence-electron chi connectivity index (χ4n) is 4.76. The molecule has 0 unspecified atom stereocenters. The summed E-state index contributed by atoms with van der Waals surface area (Å²) in [7, 11) is 1.61. The molecule has 0 radical (unpaired) electrons. The van der Waals surface area contributed by atoms with E-state index in [1.165, 1.54) is 27.1 Å². The molecule has 2 fully saturated rings. The number of nitrogens with zero attached hydrogens (tertiary/aromatic N) is 4. The van der Waals surface area contributed by atoms with Gasteiger partial charge >= 0.3 is 12.0 Å². The maximum Gasteiger partial charge on any atom is 0.334 e. The normalized spacial score (nSPS) is 20.1. The van der Waals surface area contributed by atoms with Crippen LogP contribution in [0.2, 0.25) is 0 Å². The summed E-state index contributed by atoms with van der Waals surface area (Å²) in [4.78, 5) is 54.2. The van der Waals surface area contributed by atoms with Crippen molar-refractivity contribution < 1.29 is 28.7 Å². The molecule has 2 atom stereocenters. The fourth-order valence-corrected chi connectivity index (χ4v) is 4.76. The Morgan fingerprint density at radius 1 is 1.05 bits per heavy atom. The van der Waals surface area contributed by atoms with Crippen molar-refractivity contribution >= 4 is 23.8 Å². The molecule has 2 N–H and O–H groups in total. The van der Waals surface area contributed by atoms with Gasteiger partial charge in [0, 0.05) is 26.6 Å². The Balaban J connectivity index is 1.60. The Morgan fingerprint density at radius 2 is 1.70 bits per heavy atom. The molecule has 0 aromatic heterocycles. The lowest BCUT2D eigenvalue weighted by atomic mass is 10.0. The minimum Gasteiger partial charge on any atom is -0.481 e. The van der Waals surface area contributed by atoms with Crippen LogP contribution in [0.15, 0.2) is 48.5 Å². The van der Waals surface area contributed by atoms with Gasteiger partial charge in [-0.2, -0.15) is 0 Å². The molecule has 196 valence electrons. The molecule has 37 heavy (non-hydrogen) atoms. The van der Waals surface area contributed by atoms with Crippen LogP contribution in [0, 0.1) is 12.7 Å². The topological polar surface area (TPSA) is 114 Å². The first-order chi connectivity index (χ1) is 17.6. The predicted molar refractivity (Wildman–Crippen MR) is 131 cm³/mol. The summed E-state index contributed by atoms with van der Waals surface area (Å²) in [5.74, 6) is -2.15. The second-order valence-corrected chi connectivity index (χ2v) is 9.38. The van der Waals surface area contributed by atoms with E-state index in [0.29, 0.717) is 5.56 Å². The molecule has 0 spiro atoms. The number of hydrazine groups is 1. The zero-order chi connectivity index (χ0) is 26.7. The Labute approximate surface area is 214 Å². The molecular formula is C26H30FN5O5. The lowest BCUT2D eigenvalue weighted by Crippen LogP contribution is -2.75. The van der Waals surface area contributed by atoms with Crippen molar-refractivity contribution in [1.29, 1.82) is 0 Å². The minimum atomic E-state index is -1.07. The van der Waals surface area contributed by atoms with E-state index < -0.39 is 24.2 Å². The average molecular weight is 512 g/mol. The standard InChI is InChI=1S/C26H30FN5O5/c1-17-3-5-19(6-4-17)14-30-15-22-31(21(25(30)36)11-12-24(34)35)23(33)16-29(2)32(22)26(37)28-13-18-7-9-20(27)10-8-18/h3-10,21-22H,11-16H2,1-2H3,(H,28,37)(H,34,35)/t21-,22-/m0/s1. The number of rotatable bonds is 7. The lowest BCUT2D eigenvalue weighted by Gasteiger charge is -2.54. The number of likely N-dealkylation sites (N-methyl/N-ethyl adjacent to an activating group) is 1. The van der Waals surface area contributed by atoms with E-state index in [4.69, 9.17) is 0 Å². The van der Waals surface area contributed by atoms with E-state index in [1.54, 1.807) is 24.1 Å². The van der Waals surface area contributed by atoms with Crippen LogP contribution in [-0.2, 0) is 27.5 Å². The third kappa shape index (κ3) is 5.88. The van der Waals surface area contributed by atoms with Crippen LogP contribution in [0.4, 0.5) is 9.18 Å². The largest absolute Gasteiger partial charge is 0.481 e. The highest BCUT2D eigenvalue weighted by Gasteiger charge is 2.50. The SMILES string of the molecule is Cc1ccc(CN2C[C@H]3N(C(=O)CN(C)N3C(=O)NCc3ccc(F)cc3)[C@@H](CCC(=O)O)C2=O)cc1. The summed E-state index contributed by atoms with van der Waals surface area (Å²) < 4.78 is 13.2. The Morgan fingerprint density at radius 3 is 2.35 bits per heavy atom. The number of carbonyl (C=O) groups excluding carboxylic acids is 3. The van der Waals surface area contributed by atoms with Crippen molar-refractivity contribution in [3.8, 4) is 0 Å². The third-order valence-electron chi connectivity index (χ3n) is 6.63. The zero-order valence-corrected chi connectivity index (χ0v) is 20.8. The Bertz CT molecular complexity index is 1170. The van der Waals surface area contributed by atoms with Crippen molar-refractivity contribution in [3.63, 3.8) is 0 Å². The Kier molecular flexibility index (Phi) is 7.72. The first-order valence-corrected chi connectivity index (χ1v) is 12.0. The van der Waals surface area contributed by atoms with Gasteiger partial charge in [0.2, 0.25) is 11.8 Å². The van der Waals surface area contributed by atoms with Crippen molar-refractivity contribution in [3.05, 3.63) is 71.0 Å². The van der Waals surface area contributed by atoms with E-state index in [9.17, 15) is 28.7 Å². The quantitative estimate of drug-likeness (QED) is 0.588. The number of piperazine rings is 1. The molecule has 11 heteroatoms. The minimum absolute atomic E-state index is 0.0600. The summed E-state index contributed by atoms with van der Waals surface area (Å²) in [6, 6.07) is 11.9. The van der Waals surface area contributed by atoms with Gasteiger partial charge in [-0.05, 0) is 36.6 Å². The van der Waals surface area contributed by atoms with Crippen LogP contribution in [0.1, 0.15) is 29.5 Å². The van der Waals surface area contributed by atoms with Gasteiger partial charge in [-0.15, -0.1) is 0 Å². The fraction of sp³-hybridized carbons (Fsp3) is 0.385. The molecule has 0 aliphatic carbocycles. The number of halogens is 1. The van der Waals surface area contributed by atoms with Gasteiger partial charge < -0.3 is 20.2 Å². The highest BCUT2D eigenvalue weighted by atomic mass is 19.1. The van der Waals surface area contributed by atoms with Gasteiger partial charge in [0.05, 0.1) is 13.1 Å². The number of carboxylic acids is 1. The van der Waals surface area contributed by atoms with Crippen LogP contribution in [-0.4, -0.2) is 81.1 Å². The van der Waals surface area contributed by atoms with Crippen LogP contribution in [0.25, 0.3) is 0 Å². The van der Waals surface area contributed by atoms with E-state index >= 15 is 0 Å². The molecule has 2 saturated heterocycles. The molecule has 0 bridgehead atoms. The van der Waals surface area contributed by atoms with Gasteiger partial charge in [-0.25, -0.2) is 19.2 Å². The molecule has 2 aliphatic rings. The number of carboxylic acid groups (broad SMARTS) is 1.